The van der Waals surface area contributed by atoms with Crippen molar-refractivity contribution in [3.8, 4) is 0 Å². The van der Waals surface area contributed by atoms with Gasteiger partial charge in [0.05, 0.1) is 6.42 Å². The standard InChI is InChI=1S/C12H14BrClFNO/c1-2-8(13)7-16-12(17)6-9-10(14)4-3-5-11(9)15/h3-5,8H,2,6-7H2,1H3,(H,16,17). The lowest BCUT2D eigenvalue weighted by Gasteiger charge is -2.10. The Morgan fingerprint density at radius 2 is 2.29 bits per heavy atom. The minimum Gasteiger partial charge on any atom is -0.355 e. The fourth-order valence-corrected chi connectivity index (χ4v) is 1.68. The van der Waals surface area contributed by atoms with Gasteiger partial charge in [-0.25, -0.2) is 4.39 Å². The summed E-state index contributed by atoms with van der Waals surface area (Å²) in [5, 5.41) is 3.01. The van der Waals surface area contributed by atoms with Crippen molar-refractivity contribution in [1.29, 1.82) is 0 Å². The third-order valence-corrected chi connectivity index (χ3v) is 3.69. The summed E-state index contributed by atoms with van der Waals surface area (Å²) in [7, 11) is 0. The van der Waals surface area contributed by atoms with Gasteiger partial charge in [-0.3, -0.25) is 4.79 Å². The Bertz CT molecular complexity index is 380. The Balaban J connectivity index is 2.56. The lowest BCUT2D eigenvalue weighted by molar-refractivity contribution is -0.120. The van der Waals surface area contributed by atoms with Gasteiger partial charge in [-0.05, 0) is 18.6 Å². The summed E-state index contributed by atoms with van der Waals surface area (Å²) in [6.07, 6.45) is 0.885. The molecule has 1 unspecified atom stereocenters. The molecular formula is C12H14BrClFNO. The van der Waals surface area contributed by atoms with Crippen LogP contribution in [0.4, 0.5) is 4.39 Å². The Labute approximate surface area is 114 Å². The predicted octanol–water partition coefficient (Wildman–Crippen LogP) is 3.31. The van der Waals surface area contributed by atoms with Crippen LogP contribution in [0.5, 0.6) is 0 Å². The Morgan fingerprint density at radius 1 is 1.59 bits per heavy atom. The average Bonchev–Trinajstić information content (AvgIpc) is 2.31. The predicted molar refractivity (Wildman–Crippen MR) is 71.1 cm³/mol. The minimum atomic E-state index is -0.446. The molecule has 0 saturated heterocycles. The lowest BCUT2D eigenvalue weighted by Crippen LogP contribution is -2.30. The van der Waals surface area contributed by atoms with Crippen molar-refractivity contribution in [2.75, 3.05) is 6.54 Å². The molecule has 0 aliphatic heterocycles. The zero-order valence-corrected chi connectivity index (χ0v) is 11.8. The number of benzene rings is 1. The third-order valence-electron chi connectivity index (χ3n) is 2.36. The first-order valence-corrected chi connectivity index (χ1v) is 6.67. The van der Waals surface area contributed by atoms with E-state index in [4.69, 9.17) is 11.6 Å². The molecule has 2 nitrogen and oxygen atoms in total. The normalized spacial score (nSPS) is 12.2. The van der Waals surface area contributed by atoms with Gasteiger partial charge in [0.25, 0.3) is 0 Å². The molecule has 1 rings (SSSR count). The van der Waals surface area contributed by atoms with Gasteiger partial charge in [0, 0.05) is 22.0 Å². The molecule has 0 saturated carbocycles. The average molecular weight is 323 g/mol. The molecule has 17 heavy (non-hydrogen) atoms. The van der Waals surface area contributed by atoms with Crippen molar-refractivity contribution in [2.45, 2.75) is 24.6 Å². The zero-order valence-electron chi connectivity index (χ0n) is 9.47. The van der Waals surface area contributed by atoms with E-state index in [0.717, 1.165) is 6.42 Å². The summed E-state index contributed by atoms with van der Waals surface area (Å²) in [6, 6.07) is 4.39. The molecule has 0 aliphatic carbocycles. The summed E-state index contributed by atoms with van der Waals surface area (Å²) < 4.78 is 13.4. The van der Waals surface area contributed by atoms with Crippen molar-refractivity contribution in [3.05, 3.63) is 34.6 Å². The number of rotatable bonds is 5. The van der Waals surface area contributed by atoms with Crippen LogP contribution in [-0.2, 0) is 11.2 Å². The fraction of sp³-hybridized carbons (Fsp3) is 0.417. The van der Waals surface area contributed by atoms with Gasteiger partial charge in [0.15, 0.2) is 0 Å². The molecule has 1 aromatic rings. The number of carbonyl (C=O) groups excluding carboxylic acids is 1. The van der Waals surface area contributed by atoms with Crippen LogP contribution in [-0.4, -0.2) is 17.3 Å². The van der Waals surface area contributed by atoms with Crippen molar-refractivity contribution in [3.63, 3.8) is 0 Å². The highest BCUT2D eigenvalue weighted by Crippen LogP contribution is 2.19. The second kappa shape index (κ2) is 6.97. The van der Waals surface area contributed by atoms with E-state index in [1.807, 2.05) is 6.92 Å². The van der Waals surface area contributed by atoms with Gasteiger partial charge in [-0.2, -0.15) is 0 Å². The number of hydrogen-bond donors (Lipinski definition) is 1. The van der Waals surface area contributed by atoms with Crippen molar-refractivity contribution >= 4 is 33.4 Å². The van der Waals surface area contributed by atoms with Gasteiger partial charge in [0.2, 0.25) is 5.91 Å². The Kier molecular flexibility index (Phi) is 5.92. The molecule has 1 N–H and O–H groups in total. The molecule has 5 heteroatoms. The van der Waals surface area contributed by atoms with Crippen molar-refractivity contribution < 1.29 is 9.18 Å². The molecular weight excluding hydrogens is 308 g/mol. The second-order valence-electron chi connectivity index (χ2n) is 3.69. The van der Waals surface area contributed by atoms with E-state index in [2.05, 4.69) is 21.2 Å². The van der Waals surface area contributed by atoms with Gasteiger partial charge in [-0.1, -0.05) is 40.5 Å². The quantitative estimate of drug-likeness (QED) is 0.828. The molecule has 94 valence electrons. The maximum absolute atomic E-state index is 13.4. The number of alkyl halides is 1. The maximum atomic E-state index is 13.4. The van der Waals surface area contributed by atoms with Crippen molar-refractivity contribution in [2.24, 2.45) is 0 Å². The Hall–Kier alpha value is -0.610. The van der Waals surface area contributed by atoms with Crippen LogP contribution in [0.2, 0.25) is 5.02 Å². The van der Waals surface area contributed by atoms with E-state index >= 15 is 0 Å². The van der Waals surface area contributed by atoms with Gasteiger partial charge in [-0.15, -0.1) is 0 Å². The number of hydrogen-bond acceptors (Lipinski definition) is 1. The van der Waals surface area contributed by atoms with E-state index in [0.29, 0.717) is 6.54 Å². The molecule has 1 aromatic carbocycles. The van der Waals surface area contributed by atoms with E-state index in [1.54, 1.807) is 6.07 Å². The van der Waals surface area contributed by atoms with Crippen LogP contribution in [0.3, 0.4) is 0 Å². The molecule has 0 radical (unpaired) electrons. The van der Waals surface area contributed by atoms with E-state index in [1.165, 1.54) is 12.1 Å². The highest BCUT2D eigenvalue weighted by atomic mass is 79.9. The number of nitrogens with one attached hydrogen (secondary N) is 1. The van der Waals surface area contributed by atoms with Crippen LogP contribution in [0.25, 0.3) is 0 Å². The first-order chi connectivity index (χ1) is 8.04. The third kappa shape index (κ3) is 4.64. The molecule has 0 bridgehead atoms. The van der Waals surface area contributed by atoms with Crippen LogP contribution in [0.1, 0.15) is 18.9 Å². The second-order valence-corrected chi connectivity index (χ2v) is 5.39. The van der Waals surface area contributed by atoms with Gasteiger partial charge >= 0.3 is 0 Å². The van der Waals surface area contributed by atoms with Crippen molar-refractivity contribution in [1.82, 2.24) is 5.32 Å². The first-order valence-electron chi connectivity index (χ1n) is 5.38. The lowest BCUT2D eigenvalue weighted by atomic mass is 10.1. The maximum Gasteiger partial charge on any atom is 0.224 e. The fourth-order valence-electron chi connectivity index (χ4n) is 1.29. The van der Waals surface area contributed by atoms with E-state index in [-0.39, 0.29) is 27.7 Å². The topological polar surface area (TPSA) is 29.1 Å². The summed E-state index contributed by atoms with van der Waals surface area (Å²) in [5.41, 5.74) is 0.245. The monoisotopic (exact) mass is 321 g/mol. The minimum absolute atomic E-state index is 0.0328. The first kappa shape index (κ1) is 14.5. The highest BCUT2D eigenvalue weighted by Gasteiger charge is 2.12. The Morgan fingerprint density at radius 3 is 2.88 bits per heavy atom. The SMILES string of the molecule is CCC(Br)CNC(=O)Cc1c(F)cccc1Cl. The molecule has 0 aliphatic rings. The molecule has 0 heterocycles. The zero-order chi connectivity index (χ0) is 12.8. The number of amides is 1. The van der Waals surface area contributed by atoms with Gasteiger partial charge < -0.3 is 5.32 Å². The van der Waals surface area contributed by atoms with Crippen LogP contribution in [0, 0.1) is 5.82 Å². The van der Waals surface area contributed by atoms with E-state index < -0.39 is 5.82 Å². The molecule has 1 atom stereocenters. The number of halogens is 3. The van der Waals surface area contributed by atoms with Crippen LogP contribution in [0.15, 0.2) is 18.2 Å². The van der Waals surface area contributed by atoms with E-state index in [9.17, 15) is 9.18 Å². The summed E-state index contributed by atoms with van der Waals surface area (Å²) in [5.74, 6) is -0.673. The molecule has 0 aromatic heterocycles. The number of carbonyl (C=O) groups is 1. The van der Waals surface area contributed by atoms with Crippen LogP contribution >= 0.6 is 27.5 Å². The molecule has 0 fully saturated rings. The van der Waals surface area contributed by atoms with Crippen LogP contribution < -0.4 is 5.32 Å². The smallest absolute Gasteiger partial charge is 0.224 e. The molecule has 1 amide bonds. The molecule has 0 spiro atoms. The summed E-state index contributed by atoms with van der Waals surface area (Å²) in [6.45, 7) is 2.54. The largest absolute Gasteiger partial charge is 0.355 e. The van der Waals surface area contributed by atoms with Gasteiger partial charge in [0.1, 0.15) is 5.82 Å². The summed E-state index contributed by atoms with van der Waals surface area (Å²) >= 11 is 9.24. The highest BCUT2D eigenvalue weighted by molar-refractivity contribution is 9.09. The summed E-state index contributed by atoms with van der Waals surface area (Å²) in [4.78, 5) is 11.8.